The summed E-state index contributed by atoms with van der Waals surface area (Å²) in [5.74, 6) is 2.48. The first-order valence-corrected chi connectivity index (χ1v) is 10.6. The highest BCUT2D eigenvalue weighted by molar-refractivity contribution is 5.72. The number of pyridine rings is 1. The van der Waals surface area contributed by atoms with Gasteiger partial charge in [0.1, 0.15) is 0 Å². The zero-order chi connectivity index (χ0) is 17.9. The molecule has 26 heavy (non-hydrogen) atoms. The van der Waals surface area contributed by atoms with E-state index in [-0.39, 0.29) is 0 Å². The second kappa shape index (κ2) is 5.79. The van der Waals surface area contributed by atoms with Crippen LogP contribution >= 0.6 is 0 Å². The van der Waals surface area contributed by atoms with Crippen LogP contribution in [0.5, 0.6) is 0 Å². The Morgan fingerprint density at radius 3 is 2.69 bits per heavy atom. The third-order valence-electron chi connectivity index (χ3n) is 8.70. The van der Waals surface area contributed by atoms with Gasteiger partial charge in [-0.15, -0.1) is 0 Å². The molecule has 2 N–H and O–H groups in total. The van der Waals surface area contributed by atoms with Gasteiger partial charge in [-0.05, 0) is 90.7 Å². The molecule has 0 aromatic carbocycles. The lowest BCUT2D eigenvalue weighted by Gasteiger charge is -2.57. The fourth-order valence-electron chi connectivity index (χ4n) is 7.23. The molecule has 1 heterocycles. The number of fused-ring (bicyclic) bond motifs is 5. The highest BCUT2D eigenvalue weighted by Gasteiger charge is 2.56. The van der Waals surface area contributed by atoms with Crippen molar-refractivity contribution in [3.05, 3.63) is 47.8 Å². The molecular weight excluding hydrogens is 316 g/mol. The van der Waals surface area contributed by atoms with E-state index in [1.807, 2.05) is 6.20 Å². The van der Waals surface area contributed by atoms with Gasteiger partial charge < -0.3 is 5.73 Å². The average molecular weight is 349 g/mol. The Kier molecular flexibility index (Phi) is 3.73. The molecule has 0 amide bonds. The van der Waals surface area contributed by atoms with E-state index in [0.29, 0.717) is 16.9 Å². The molecule has 4 aliphatic rings. The van der Waals surface area contributed by atoms with Gasteiger partial charge in [-0.2, -0.15) is 0 Å². The van der Waals surface area contributed by atoms with Crippen molar-refractivity contribution in [2.24, 2.45) is 34.3 Å². The lowest BCUT2D eigenvalue weighted by atomic mass is 9.47. The fourth-order valence-corrected chi connectivity index (χ4v) is 7.23. The largest absolute Gasteiger partial charge is 0.327 e. The van der Waals surface area contributed by atoms with E-state index in [1.165, 1.54) is 44.1 Å². The Hall–Kier alpha value is -1.41. The standard InChI is InChI=1S/C24H32N2/c1-23-11-9-18(25)14-17(23)5-6-19-21-8-7-20(16-4-3-13-26-15-16)24(21,2)12-10-22(19)23/h3-5,7,13,15,18-19,21-22H,6,8-12,14,25H2,1-2H3/t18-,19?,21?,22?,23?,24?/m1/s1. The van der Waals surface area contributed by atoms with Gasteiger partial charge >= 0.3 is 0 Å². The minimum atomic E-state index is 0.330. The average Bonchev–Trinajstić information content (AvgIpc) is 3.00. The van der Waals surface area contributed by atoms with Gasteiger partial charge in [-0.25, -0.2) is 0 Å². The molecule has 2 nitrogen and oxygen atoms in total. The molecule has 2 saturated carbocycles. The molecule has 5 unspecified atom stereocenters. The maximum absolute atomic E-state index is 6.30. The van der Waals surface area contributed by atoms with Gasteiger partial charge in [-0.1, -0.05) is 37.6 Å². The highest BCUT2D eigenvalue weighted by Crippen LogP contribution is 2.66. The number of hydrogen-bond acceptors (Lipinski definition) is 2. The molecule has 6 atom stereocenters. The lowest BCUT2D eigenvalue weighted by molar-refractivity contribution is -0.0113. The zero-order valence-corrected chi connectivity index (χ0v) is 16.2. The summed E-state index contributed by atoms with van der Waals surface area (Å²) in [5.41, 5.74) is 11.7. The number of rotatable bonds is 1. The predicted octanol–water partition coefficient (Wildman–Crippen LogP) is 5.37. The van der Waals surface area contributed by atoms with Crippen molar-refractivity contribution in [1.29, 1.82) is 0 Å². The lowest BCUT2D eigenvalue weighted by Crippen LogP contribution is -2.50. The van der Waals surface area contributed by atoms with Crippen LogP contribution in [-0.4, -0.2) is 11.0 Å². The van der Waals surface area contributed by atoms with Gasteiger partial charge in [0.25, 0.3) is 0 Å². The third kappa shape index (κ3) is 2.24. The van der Waals surface area contributed by atoms with E-state index in [1.54, 1.807) is 11.1 Å². The van der Waals surface area contributed by atoms with E-state index in [0.717, 1.165) is 24.2 Å². The van der Waals surface area contributed by atoms with Crippen LogP contribution in [0.15, 0.2) is 42.3 Å². The van der Waals surface area contributed by atoms with Crippen LogP contribution in [0.2, 0.25) is 0 Å². The normalized spacial score (nSPS) is 44.4. The summed E-state index contributed by atoms with van der Waals surface area (Å²) in [7, 11) is 0. The van der Waals surface area contributed by atoms with E-state index in [9.17, 15) is 0 Å². The molecule has 2 heteroatoms. The summed E-state index contributed by atoms with van der Waals surface area (Å²) in [5, 5.41) is 0. The van der Waals surface area contributed by atoms with Crippen molar-refractivity contribution in [3.63, 3.8) is 0 Å². The Morgan fingerprint density at radius 1 is 1.04 bits per heavy atom. The summed E-state index contributed by atoms with van der Waals surface area (Å²) < 4.78 is 0. The number of nitrogens with two attached hydrogens (primary N) is 1. The Balaban J connectivity index is 1.48. The van der Waals surface area contributed by atoms with Crippen molar-refractivity contribution < 1.29 is 0 Å². The molecule has 2 fully saturated rings. The number of allylic oxidation sites excluding steroid dienone is 3. The van der Waals surface area contributed by atoms with E-state index < -0.39 is 0 Å². The van der Waals surface area contributed by atoms with Gasteiger partial charge in [0.05, 0.1) is 0 Å². The van der Waals surface area contributed by atoms with E-state index in [4.69, 9.17) is 5.73 Å². The summed E-state index contributed by atoms with van der Waals surface area (Å²) in [6.45, 7) is 5.10. The second-order valence-electron chi connectivity index (χ2n) is 9.81. The molecule has 0 spiro atoms. The maximum atomic E-state index is 6.30. The first-order chi connectivity index (χ1) is 12.5. The molecule has 1 aromatic heterocycles. The third-order valence-corrected chi connectivity index (χ3v) is 8.70. The summed E-state index contributed by atoms with van der Waals surface area (Å²) in [4.78, 5) is 4.39. The second-order valence-corrected chi connectivity index (χ2v) is 9.81. The molecular formula is C24H32N2. The van der Waals surface area contributed by atoms with Crippen molar-refractivity contribution in [2.75, 3.05) is 0 Å². The SMILES string of the molecule is CC12CC[C@@H](N)CC1=CCC1C2CCC2(C)C(c3cccnc3)=CCC12. The smallest absolute Gasteiger partial charge is 0.0343 e. The Labute approximate surface area is 158 Å². The van der Waals surface area contributed by atoms with Crippen LogP contribution in [0.4, 0.5) is 0 Å². The van der Waals surface area contributed by atoms with Gasteiger partial charge in [-0.3, -0.25) is 4.98 Å². The Bertz CT molecular complexity index is 764. The molecule has 5 rings (SSSR count). The molecule has 0 bridgehead atoms. The molecule has 4 aliphatic carbocycles. The zero-order valence-electron chi connectivity index (χ0n) is 16.2. The molecule has 138 valence electrons. The van der Waals surface area contributed by atoms with Crippen molar-refractivity contribution in [2.45, 2.75) is 64.8 Å². The molecule has 0 aliphatic heterocycles. The van der Waals surface area contributed by atoms with Crippen LogP contribution in [-0.2, 0) is 0 Å². The summed E-state index contributed by atoms with van der Waals surface area (Å²) in [6, 6.07) is 4.73. The molecule has 0 radical (unpaired) electrons. The highest BCUT2D eigenvalue weighted by atomic mass is 14.7. The van der Waals surface area contributed by atoms with Crippen LogP contribution in [0.3, 0.4) is 0 Å². The molecule has 0 saturated heterocycles. The van der Waals surface area contributed by atoms with E-state index in [2.05, 4.69) is 49.3 Å². The quantitative estimate of drug-likeness (QED) is 0.693. The fraction of sp³-hybridized carbons (Fsp3) is 0.625. The van der Waals surface area contributed by atoms with Crippen molar-refractivity contribution in [3.8, 4) is 0 Å². The minimum Gasteiger partial charge on any atom is -0.327 e. The minimum absolute atomic E-state index is 0.330. The number of nitrogens with zero attached hydrogens (tertiary/aromatic N) is 1. The van der Waals surface area contributed by atoms with Crippen LogP contribution in [0, 0.1) is 28.6 Å². The van der Waals surface area contributed by atoms with Crippen LogP contribution in [0.1, 0.15) is 64.4 Å². The first kappa shape index (κ1) is 16.7. The van der Waals surface area contributed by atoms with Gasteiger partial charge in [0.15, 0.2) is 0 Å². The van der Waals surface area contributed by atoms with Crippen LogP contribution < -0.4 is 5.73 Å². The van der Waals surface area contributed by atoms with Crippen molar-refractivity contribution in [1.82, 2.24) is 4.98 Å². The monoisotopic (exact) mass is 348 g/mol. The topological polar surface area (TPSA) is 38.9 Å². The van der Waals surface area contributed by atoms with E-state index >= 15 is 0 Å². The van der Waals surface area contributed by atoms with Gasteiger partial charge in [0, 0.05) is 18.4 Å². The predicted molar refractivity (Wildman–Crippen MR) is 107 cm³/mol. The number of aromatic nitrogens is 1. The first-order valence-electron chi connectivity index (χ1n) is 10.6. The summed E-state index contributed by atoms with van der Waals surface area (Å²) >= 11 is 0. The molecule has 1 aromatic rings. The maximum Gasteiger partial charge on any atom is 0.0343 e. The number of hydrogen-bond donors (Lipinski definition) is 1. The summed E-state index contributed by atoms with van der Waals surface area (Å²) in [6.07, 6.45) is 18.0. The van der Waals surface area contributed by atoms with Gasteiger partial charge in [0.2, 0.25) is 0 Å². The Morgan fingerprint density at radius 2 is 1.88 bits per heavy atom. The van der Waals surface area contributed by atoms with Crippen LogP contribution in [0.25, 0.3) is 5.57 Å². The van der Waals surface area contributed by atoms with Crippen molar-refractivity contribution >= 4 is 5.57 Å².